The maximum absolute atomic E-state index is 12.0. The van der Waals surface area contributed by atoms with Crippen LogP contribution >= 0.6 is 0 Å². The number of rotatable bonds is 12. The zero-order valence-electron chi connectivity index (χ0n) is 13.0. The third kappa shape index (κ3) is 6.41. The molecule has 0 rings (SSSR count). The van der Waals surface area contributed by atoms with Gasteiger partial charge in [0.1, 0.15) is 0 Å². The van der Waals surface area contributed by atoms with Crippen LogP contribution in [0.5, 0.6) is 0 Å². The van der Waals surface area contributed by atoms with Gasteiger partial charge in [0.15, 0.2) is 5.41 Å². The van der Waals surface area contributed by atoms with E-state index in [-0.39, 0.29) is 26.1 Å². The molecule has 7 heteroatoms. The molecule has 7 nitrogen and oxygen atoms in total. The summed E-state index contributed by atoms with van der Waals surface area (Å²) < 4.78 is 14.8. The van der Waals surface area contributed by atoms with E-state index in [1.54, 1.807) is 13.8 Å². The van der Waals surface area contributed by atoms with Crippen molar-refractivity contribution in [1.82, 2.24) is 0 Å². The van der Waals surface area contributed by atoms with Gasteiger partial charge in [-0.1, -0.05) is 13.3 Å². The van der Waals surface area contributed by atoms with Gasteiger partial charge in [0.05, 0.1) is 32.5 Å². The van der Waals surface area contributed by atoms with Gasteiger partial charge in [-0.05, 0) is 13.3 Å². The first-order chi connectivity index (χ1) is 9.94. The van der Waals surface area contributed by atoms with Gasteiger partial charge >= 0.3 is 11.9 Å². The van der Waals surface area contributed by atoms with Crippen LogP contribution in [0.3, 0.4) is 0 Å². The highest BCUT2D eigenvalue weighted by Gasteiger charge is 2.48. The Balaban J connectivity index is 4.79. The number of methoxy groups -OCH3 is 1. The van der Waals surface area contributed by atoms with E-state index >= 15 is 0 Å². The van der Waals surface area contributed by atoms with Crippen molar-refractivity contribution in [2.24, 2.45) is 5.41 Å². The van der Waals surface area contributed by atoms with Crippen LogP contribution in [0.25, 0.3) is 0 Å². The van der Waals surface area contributed by atoms with Crippen LogP contribution in [0.15, 0.2) is 0 Å². The number of carboxylic acids is 1. The number of aliphatic carboxylic acids is 1. The Hall–Kier alpha value is -1.18. The Kier molecular flexibility index (Phi) is 9.94. The third-order valence-electron chi connectivity index (χ3n) is 3.08. The lowest BCUT2D eigenvalue weighted by molar-refractivity contribution is -0.172. The summed E-state index contributed by atoms with van der Waals surface area (Å²) in [6.45, 7) is 4.10. The van der Waals surface area contributed by atoms with Gasteiger partial charge in [-0.3, -0.25) is 9.59 Å². The van der Waals surface area contributed by atoms with Crippen LogP contribution < -0.4 is 0 Å². The minimum Gasteiger partial charge on any atom is -0.480 e. The molecule has 0 spiro atoms. The van der Waals surface area contributed by atoms with E-state index in [4.69, 9.17) is 14.2 Å². The van der Waals surface area contributed by atoms with Crippen molar-refractivity contribution >= 4 is 11.9 Å². The average molecular weight is 306 g/mol. The van der Waals surface area contributed by atoms with Crippen molar-refractivity contribution in [2.75, 3.05) is 33.5 Å². The number of esters is 1. The topological polar surface area (TPSA) is 102 Å². The van der Waals surface area contributed by atoms with Gasteiger partial charge in [-0.2, -0.15) is 0 Å². The summed E-state index contributed by atoms with van der Waals surface area (Å²) in [6.07, 6.45) is -0.699. The largest absolute Gasteiger partial charge is 0.480 e. The first kappa shape index (κ1) is 19.8. The summed E-state index contributed by atoms with van der Waals surface area (Å²) >= 11 is 0. The van der Waals surface area contributed by atoms with E-state index in [9.17, 15) is 19.8 Å². The van der Waals surface area contributed by atoms with Crippen LogP contribution in [-0.2, 0) is 23.8 Å². The summed E-state index contributed by atoms with van der Waals surface area (Å²) in [5.41, 5.74) is -1.73. The number of aliphatic hydroxyl groups excluding tert-OH is 1. The van der Waals surface area contributed by atoms with Crippen LogP contribution in [0, 0.1) is 5.41 Å². The number of carbonyl (C=O) groups is 2. The van der Waals surface area contributed by atoms with Crippen molar-refractivity contribution in [3.63, 3.8) is 0 Å². The van der Waals surface area contributed by atoms with Gasteiger partial charge in [0.2, 0.25) is 0 Å². The van der Waals surface area contributed by atoms with Gasteiger partial charge < -0.3 is 24.4 Å². The monoisotopic (exact) mass is 306 g/mol. The molecule has 0 fully saturated rings. The second-order valence-corrected chi connectivity index (χ2v) is 4.78. The quantitative estimate of drug-likeness (QED) is 0.313. The number of carboxylic acid groups (broad SMARTS) is 1. The van der Waals surface area contributed by atoms with Crippen molar-refractivity contribution < 1.29 is 34.0 Å². The van der Waals surface area contributed by atoms with Crippen LogP contribution in [0.1, 0.15) is 33.1 Å². The standard InChI is InChI=1S/C14H26O7/c1-4-6-14(12(16)17,13(18)21-5-2)9-11(15)10-20-8-7-19-3/h11,15H,4-10H2,1-3H3,(H,16,17). The smallest absolute Gasteiger partial charge is 0.323 e. The van der Waals surface area contributed by atoms with E-state index in [1.165, 1.54) is 7.11 Å². The average Bonchev–Trinajstić information content (AvgIpc) is 2.43. The fraction of sp³-hybridized carbons (Fsp3) is 0.857. The molecule has 0 aromatic heterocycles. The van der Waals surface area contributed by atoms with Gasteiger partial charge in [-0.25, -0.2) is 0 Å². The molecule has 0 aromatic rings. The number of aliphatic hydroxyl groups is 1. The molecule has 2 unspecified atom stereocenters. The number of ether oxygens (including phenoxy) is 3. The fourth-order valence-corrected chi connectivity index (χ4v) is 2.09. The Bertz CT molecular complexity index is 318. The molecule has 0 heterocycles. The highest BCUT2D eigenvalue weighted by molar-refractivity contribution is 5.99. The lowest BCUT2D eigenvalue weighted by Crippen LogP contribution is -2.44. The number of hydrogen-bond acceptors (Lipinski definition) is 6. The Labute approximate surface area is 125 Å². The van der Waals surface area contributed by atoms with Crippen molar-refractivity contribution in [1.29, 1.82) is 0 Å². The molecule has 0 bridgehead atoms. The molecule has 2 N–H and O–H groups in total. The molecule has 0 aliphatic heterocycles. The minimum absolute atomic E-state index is 0.0541. The Morgan fingerprint density at radius 2 is 1.90 bits per heavy atom. The van der Waals surface area contributed by atoms with E-state index in [1.807, 2.05) is 0 Å². The molecule has 0 saturated carbocycles. The Morgan fingerprint density at radius 1 is 1.24 bits per heavy atom. The van der Waals surface area contributed by atoms with Crippen molar-refractivity contribution in [3.8, 4) is 0 Å². The maximum Gasteiger partial charge on any atom is 0.323 e. The SMILES string of the molecule is CCCC(CC(O)COCCOC)(C(=O)O)C(=O)OCC. The lowest BCUT2D eigenvalue weighted by Gasteiger charge is -2.28. The summed E-state index contributed by atoms with van der Waals surface area (Å²) in [5, 5.41) is 19.4. The van der Waals surface area contributed by atoms with E-state index in [0.29, 0.717) is 19.6 Å². The van der Waals surface area contributed by atoms with Crippen LogP contribution in [-0.4, -0.2) is 61.8 Å². The zero-order valence-corrected chi connectivity index (χ0v) is 13.0. The van der Waals surface area contributed by atoms with Gasteiger partial charge in [-0.15, -0.1) is 0 Å². The van der Waals surface area contributed by atoms with E-state index in [2.05, 4.69) is 0 Å². The molecule has 2 atom stereocenters. The molecular formula is C14H26O7. The second kappa shape index (κ2) is 10.5. The van der Waals surface area contributed by atoms with E-state index in [0.717, 1.165) is 0 Å². The molecule has 0 radical (unpaired) electrons. The first-order valence-corrected chi connectivity index (χ1v) is 7.09. The predicted octanol–water partition coefficient (Wildman–Crippen LogP) is 0.835. The molecule has 0 aliphatic rings. The highest BCUT2D eigenvalue weighted by Crippen LogP contribution is 2.32. The molecule has 0 aromatic carbocycles. The summed E-state index contributed by atoms with van der Waals surface area (Å²) in [5.74, 6) is -2.09. The van der Waals surface area contributed by atoms with Crippen LogP contribution in [0.2, 0.25) is 0 Å². The molecule has 21 heavy (non-hydrogen) atoms. The molecule has 124 valence electrons. The molecule has 0 saturated heterocycles. The second-order valence-electron chi connectivity index (χ2n) is 4.78. The normalized spacial score (nSPS) is 15.2. The summed E-state index contributed by atoms with van der Waals surface area (Å²) in [7, 11) is 1.53. The molecular weight excluding hydrogens is 280 g/mol. The predicted molar refractivity (Wildman–Crippen MR) is 74.9 cm³/mol. The highest BCUT2D eigenvalue weighted by atomic mass is 16.5. The summed E-state index contributed by atoms with van der Waals surface area (Å²) in [6, 6.07) is 0. The van der Waals surface area contributed by atoms with E-state index < -0.39 is 23.5 Å². The van der Waals surface area contributed by atoms with Gasteiger partial charge in [0, 0.05) is 13.5 Å². The Morgan fingerprint density at radius 3 is 2.38 bits per heavy atom. The van der Waals surface area contributed by atoms with Gasteiger partial charge in [0.25, 0.3) is 0 Å². The third-order valence-corrected chi connectivity index (χ3v) is 3.08. The number of hydrogen-bond donors (Lipinski definition) is 2. The number of carbonyl (C=O) groups excluding carboxylic acids is 1. The van der Waals surface area contributed by atoms with Crippen molar-refractivity contribution in [3.05, 3.63) is 0 Å². The lowest BCUT2D eigenvalue weighted by atomic mass is 9.78. The fourth-order valence-electron chi connectivity index (χ4n) is 2.09. The summed E-state index contributed by atoms with van der Waals surface area (Å²) in [4.78, 5) is 23.6. The van der Waals surface area contributed by atoms with Crippen molar-refractivity contribution in [2.45, 2.75) is 39.2 Å². The van der Waals surface area contributed by atoms with Crippen LogP contribution in [0.4, 0.5) is 0 Å². The molecule has 0 amide bonds. The first-order valence-electron chi connectivity index (χ1n) is 7.09. The zero-order chi connectivity index (χ0) is 16.3. The maximum atomic E-state index is 12.0. The molecule has 0 aliphatic carbocycles. The minimum atomic E-state index is -1.73.